The Bertz CT molecular complexity index is 266. The van der Waals surface area contributed by atoms with Crippen LogP contribution in [0.3, 0.4) is 0 Å². The van der Waals surface area contributed by atoms with E-state index in [1.807, 2.05) is 0 Å². The summed E-state index contributed by atoms with van der Waals surface area (Å²) < 4.78 is 28.2. The number of methoxy groups -OCH3 is 1. The molecule has 0 amide bonds. The van der Waals surface area contributed by atoms with Crippen LogP contribution in [0.1, 0.15) is 20.8 Å². The van der Waals surface area contributed by atoms with Crippen LogP contribution in [0.25, 0.3) is 0 Å². The van der Waals surface area contributed by atoms with Gasteiger partial charge < -0.3 is 4.74 Å². The molecule has 14 heavy (non-hydrogen) atoms. The van der Waals surface area contributed by atoms with Gasteiger partial charge in [-0.15, -0.1) is 0 Å². The maximum atomic E-state index is 13.0. The van der Waals surface area contributed by atoms with Gasteiger partial charge in [0.25, 0.3) is 0 Å². The predicted molar refractivity (Wildman–Crippen MR) is 54.0 cm³/mol. The predicted octanol–water partition coefficient (Wildman–Crippen LogP) is 1.56. The van der Waals surface area contributed by atoms with E-state index >= 15 is 0 Å². The van der Waals surface area contributed by atoms with Crippen molar-refractivity contribution in [2.24, 2.45) is 0 Å². The molecule has 0 rings (SSSR count). The lowest BCUT2D eigenvalue weighted by Crippen LogP contribution is -2.24. The number of hydrogen-bond acceptors (Lipinski definition) is 3. The minimum Gasteiger partial charge on any atom is -0.466 e. The van der Waals surface area contributed by atoms with Crippen LogP contribution in [-0.2, 0) is 20.3 Å². The number of esters is 1. The van der Waals surface area contributed by atoms with Crippen molar-refractivity contribution in [2.75, 3.05) is 12.9 Å². The van der Waals surface area contributed by atoms with Gasteiger partial charge in [-0.3, -0.25) is 4.21 Å². The average molecular weight is 222 g/mol. The molecule has 0 aliphatic heterocycles. The van der Waals surface area contributed by atoms with Crippen molar-refractivity contribution in [3.05, 3.63) is 11.9 Å². The number of carbonyl (C=O) groups excluding carboxylic acids is 1. The zero-order valence-corrected chi connectivity index (χ0v) is 9.61. The van der Waals surface area contributed by atoms with Crippen molar-refractivity contribution in [2.45, 2.75) is 25.5 Å². The van der Waals surface area contributed by atoms with Crippen molar-refractivity contribution in [1.82, 2.24) is 0 Å². The second kappa shape index (κ2) is 5.24. The molecule has 0 bridgehead atoms. The third-order valence-electron chi connectivity index (χ3n) is 1.43. The highest BCUT2D eigenvalue weighted by Crippen LogP contribution is 2.14. The minimum absolute atomic E-state index is 0.251. The first-order valence-corrected chi connectivity index (χ1v) is 5.41. The lowest BCUT2D eigenvalue weighted by atomic mass is 10.3. The van der Waals surface area contributed by atoms with Gasteiger partial charge in [0, 0.05) is 15.5 Å². The molecule has 1 atom stereocenters. The summed E-state index contributed by atoms with van der Waals surface area (Å²) in [5, 5.41) is 0. The van der Waals surface area contributed by atoms with E-state index in [0.717, 1.165) is 7.11 Å². The fourth-order valence-corrected chi connectivity index (χ4v) is 1.34. The SMILES string of the molecule is COC(=O)/C=C(/F)CS(=O)C(C)(C)C. The fraction of sp³-hybridized carbons (Fsp3) is 0.667. The van der Waals surface area contributed by atoms with Crippen LogP contribution in [-0.4, -0.2) is 27.8 Å². The van der Waals surface area contributed by atoms with E-state index in [4.69, 9.17) is 0 Å². The monoisotopic (exact) mass is 222 g/mol. The number of rotatable bonds is 3. The Hall–Kier alpha value is -0.710. The van der Waals surface area contributed by atoms with Gasteiger partial charge in [0.1, 0.15) is 5.83 Å². The Morgan fingerprint density at radius 3 is 2.36 bits per heavy atom. The molecule has 0 aromatic rings. The summed E-state index contributed by atoms with van der Waals surface area (Å²) >= 11 is 0. The van der Waals surface area contributed by atoms with Crippen molar-refractivity contribution in [1.29, 1.82) is 0 Å². The molecule has 0 aliphatic rings. The van der Waals surface area contributed by atoms with Gasteiger partial charge in [0.05, 0.1) is 18.9 Å². The number of carbonyl (C=O) groups is 1. The molecule has 0 saturated heterocycles. The highest BCUT2D eigenvalue weighted by Gasteiger charge is 2.20. The van der Waals surface area contributed by atoms with Crippen LogP contribution in [0.4, 0.5) is 4.39 Å². The Kier molecular flexibility index (Phi) is 4.97. The number of halogens is 1. The van der Waals surface area contributed by atoms with Crippen LogP contribution >= 0.6 is 0 Å². The van der Waals surface area contributed by atoms with E-state index in [1.54, 1.807) is 20.8 Å². The zero-order chi connectivity index (χ0) is 11.4. The molecule has 0 spiro atoms. The summed E-state index contributed by atoms with van der Waals surface area (Å²) in [5.74, 6) is -1.74. The molecule has 82 valence electrons. The summed E-state index contributed by atoms with van der Waals surface area (Å²) in [7, 11) is -0.177. The highest BCUT2D eigenvalue weighted by atomic mass is 32.2. The lowest BCUT2D eigenvalue weighted by Gasteiger charge is -2.16. The molecule has 0 aromatic heterocycles. The van der Waals surface area contributed by atoms with Gasteiger partial charge in [0.2, 0.25) is 0 Å². The van der Waals surface area contributed by atoms with E-state index in [-0.39, 0.29) is 5.75 Å². The van der Waals surface area contributed by atoms with Gasteiger partial charge in [-0.1, -0.05) is 0 Å². The summed E-state index contributed by atoms with van der Waals surface area (Å²) in [4.78, 5) is 10.6. The van der Waals surface area contributed by atoms with Crippen LogP contribution in [0.5, 0.6) is 0 Å². The summed E-state index contributed by atoms with van der Waals surface area (Å²) in [6, 6.07) is 0. The average Bonchev–Trinajstić information content (AvgIpc) is 2.02. The second-order valence-electron chi connectivity index (χ2n) is 3.72. The first kappa shape index (κ1) is 13.3. The smallest absolute Gasteiger partial charge is 0.333 e. The standard InChI is InChI=1S/C9H15FO3S/c1-9(2,3)14(12)6-7(10)5-8(11)13-4/h5H,6H2,1-4H3/b7-5+. The second-order valence-corrected chi connectivity index (χ2v) is 5.92. The van der Waals surface area contributed by atoms with Gasteiger partial charge in [-0.25, -0.2) is 9.18 Å². The van der Waals surface area contributed by atoms with Crippen molar-refractivity contribution in [3.63, 3.8) is 0 Å². The Morgan fingerprint density at radius 2 is 2.00 bits per heavy atom. The van der Waals surface area contributed by atoms with Crippen LogP contribution in [0.15, 0.2) is 11.9 Å². The molecule has 0 heterocycles. The maximum Gasteiger partial charge on any atom is 0.333 e. The summed E-state index contributed by atoms with van der Waals surface area (Å²) in [6.07, 6.45) is 0.712. The summed E-state index contributed by atoms with van der Waals surface area (Å²) in [5.41, 5.74) is 0. The highest BCUT2D eigenvalue weighted by molar-refractivity contribution is 7.86. The third kappa shape index (κ3) is 5.11. The zero-order valence-electron chi connectivity index (χ0n) is 8.80. The molecule has 1 unspecified atom stereocenters. The molecule has 5 heteroatoms. The Balaban J connectivity index is 4.34. The minimum atomic E-state index is -1.34. The van der Waals surface area contributed by atoms with E-state index in [0.29, 0.717) is 6.08 Å². The first-order valence-electron chi connectivity index (χ1n) is 4.10. The largest absolute Gasteiger partial charge is 0.466 e. The van der Waals surface area contributed by atoms with Gasteiger partial charge >= 0.3 is 5.97 Å². The van der Waals surface area contributed by atoms with Crippen molar-refractivity contribution >= 4 is 16.8 Å². The normalized spacial score (nSPS) is 15.1. The van der Waals surface area contributed by atoms with E-state index in [2.05, 4.69) is 4.74 Å². The molecule has 0 N–H and O–H groups in total. The molecule has 0 aromatic carbocycles. The molecule has 0 aliphatic carbocycles. The molecule has 0 saturated carbocycles. The molecule has 0 fully saturated rings. The maximum absolute atomic E-state index is 13.0. The van der Waals surface area contributed by atoms with E-state index in [9.17, 15) is 13.4 Å². The van der Waals surface area contributed by atoms with Crippen molar-refractivity contribution in [3.8, 4) is 0 Å². The summed E-state index contributed by atoms with van der Waals surface area (Å²) in [6.45, 7) is 5.23. The lowest BCUT2D eigenvalue weighted by molar-refractivity contribution is -0.134. The molecular weight excluding hydrogens is 207 g/mol. The van der Waals surface area contributed by atoms with E-state index < -0.39 is 27.3 Å². The van der Waals surface area contributed by atoms with Crippen LogP contribution < -0.4 is 0 Å². The molecule has 3 nitrogen and oxygen atoms in total. The Labute approximate surface area is 85.8 Å². The van der Waals surface area contributed by atoms with Gasteiger partial charge in [-0.05, 0) is 20.8 Å². The van der Waals surface area contributed by atoms with Crippen molar-refractivity contribution < 1.29 is 18.1 Å². The Morgan fingerprint density at radius 1 is 1.50 bits per heavy atom. The van der Waals surface area contributed by atoms with Crippen LogP contribution in [0, 0.1) is 0 Å². The van der Waals surface area contributed by atoms with Gasteiger partial charge in [0.15, 0.2) is 0 Å². The fourth-order valence-electron chi connectivity index (χ4n) is 0.570. The first-order chi connectivity index (χ1) is 6.27. The number of ether oxygens (including phenoxy) is 1. The topological polar surface area (TPSA) is 43.4 Å². The quantitative estimate of drug-likeness (QED) is 0.537. The van der Waals surface area contributed by atoms with E-state index in [1.165, 1.54) is 0 Å². The number of hydrogen-bond donors (Lipinski definition) is 0. The molecule has 0 radical (unpaired) electrons. The third-order valence-corrected chi connectivity index (χ3v) is 3.33. The van der Waals surface area contributed by atoms with Gasteiger partial charge in [-0.2, -0.15) is 0 Å². The van der Waals surface area contributed by atoms with Crippen LogP contribution in [0.2, 0.25) is 0 Å². The molecular formula is C9H15FO3S.